The van der Waals surface area contributed by atoms with E-state index in [9.17, 15) is 18.8 Å². The Morgan fingerprint density at radius 3 is 2.70 bits per heavy atom. The Balaban J connectivity index is 2.47. The first kappa shape index (κ1) is 16.6. The van der Waals surface area contributed by atoms with Crippen molar-refractivity contribution >= 4 is 23.7 Å². The van der Waals surface area contributed by atoms with Gasteiger partial charge in [-0.25, -0.2) is 9.38 Å². The summed E-state index contributed by atoms with van der Waals surface area (Å²) in [6, 6.07) is 4.57. The van der Waals surface area contributed by atoms with Gasteiger partial charge in [0.15, 0.2) is 5.92 Å². The molecule has 23 heavy (non-hydrogen) atoms. The lowest BCUT2D eigenvalue weighted by Crippen LogP contribution is -2.52. The SMILES string of the molecule is CCOC(=O)C1C(=O)NC(NC(C)=O)=NC1c1ccccc1F. The Morgan fingerprint density at radius 2 is 2.09 bits per heavy atom. The van der Waals surface area contributed by atoms with Crippen molar-refractivity contribution in [1.29, 1.82) is 0 Å². The number of benzene rings is 1. The van der Waals surface area contributed by atoms with Crippen LogP contribution in [-0.4, -0.2) is 30.4 Å². The van der Waals surface area contributed by atoms with Crippen LogP contribution in [0.3, 0.4) is 0 Å². The highest BCUT2D eigenvalue weighted by atomic mass is 19.1. The van der Waals surface area contributed by atoms with Crippen molar-refractivity contribution in [2.75, 3.05) is 6.61 Å². The number of hydrogen-bond donors (Lipinski definition) is 2. The van der Waals surface area contributed by atoms with E-state index in [0.29, 0.717) is 0 Å². The van der Waals surface area contributed by atoms with E-state index >= 15 is 0 Å². The van der Waals surface area contributed by atoms with E-state index in [2.05, 4.69) is 15.6 Å². The molecule has 1 aromatic carbocycles. The van der Waals surface area contributed by atoms with Crippen LogP contribution < -0.4 is 10.6 Å². The molecule has 1 aliphatic heterocycles. The number of ether oxygens (including phenoxy) is 1. The van der Waals surface area contributed by atoms with Crippen molar-refractivity contribution in [2.45, 2.75) is 19.9 Å². The zero-order chi connectivity index (χ0) is 17.0. The minimum absolute atomic E-state index is 0.0725. The molecule has 0 spiro atoms. The number of nitrogens with one attached hydrogen (secondary N) is 2. The molecule has 1 aliphatic rings. The average molecular weight is 321 g/mol. The minimum Gasteiger partial charge on any atom is -0.465 e. The van der Waals surface area contributed by atoms with Crippen molar-refractivity contribution in [1.82, 2.24) is 10.6 Å². The highest BCUT2D eigenvalue weighted by molar-refractivity contribution is 6.11. The van der Waals surface area contributed by atoms with Gasteiger partial charge in [0, 0.05) is 12.5 Å². The molecule has 0 fully saturated rings. The fraction of sp³-hybridized carbons (Fsp3) is 0.333. The zero-order valence-corrected chi connectivity index (χ0v) is 12.6. The van der Waals surface area contributed by atoms with Crippen LogP contribution in [-0.2, 0) is 19.1 Å². The van der Waals surface area contributed by atoms with E-state index in [1.807, 2.05) is 0 Å². The first-order chi connectivity index (χ1) is 10.9. The van der Waals surface area contributed by atoms with Crippen LogP contribution in [0.1, 0.15) is 25.5 Å². The van der Waals surface area contributed by atoms with Gasteiger partial charge in [0.1, 0.15) is 11.9 Å². The number of amides is 2. The smallest absolute Gasteiger partial charge is 0.321 e. The van der Waals surface area contributed by atoms with Gasteiger partial charge in [0.25, 0.3) is 0 Å². The van der Waals surface area contributed by atoms with Crippen LogP contribution in [0.15, 0.2) is 29.3 Å². The van der Waals surface area contributed by atoms with Crippen LogP contribution in [0.4, 0.5) is 4.39 Å². The Bertz CT molecular complexity index is 674. The van der Waals surface area contributed by atoms with Gasteiger partial charge in [-0.1, -0.05) is 18.2 Å². The second-order valence-corrected chi connectivity index (χ2v) is 4.84. The first-order valence-electron chi connectivity index (χ1n) is 7.01. The summed E-state index contributed by atoms with van der Waals surface area (Å²) in [4.78, 5) is 39.5. The molecule has 2 unspecified atom stereocenters. The van der Waals surface area contributed by atoms with Gasteiger partial charge in [0.2, 0.25) is 17.8 Å². The Morgan fingerprint density at radius 1 is 1.39 bits per heavy atom. The molecule has 1 heterocycles. The third kappa shape index (κ3) is 3.71. The third-order valence-corrected chi connectivity index (χ3v) is 3.17. The van der Waals surface area contributed by atoms with Crippen molar-refractivity contribution in [3.8, 4) is 0 Å². The molecule has 0 saturated heterocycles. The summed E-state index contributed by atoms with van der Waals surface area (Å²) < 4.78 is 19.0. The molecular weight excluding hydrogens is 305 g/mol. The molecule has 2 amide bonds. The summed E-state index contributed by atoms with van der Waals surface area (Å²) in [5.74, 6) is -4.03. The second kappa shape index (κ2) is 6.99. The third-order valence-electron chi connectivity index (χ3n) is 3.17. The maximum absolute atomic E-state index is 14.1. The second-order valence-electron chi connectivity index (χ2n) is 4.84. The number of rotatable bonds is 3. The number of aliphatic imine (C=N–C) groups is 1. The Hall–Kier alpha value is -2.77. The summed E-state index contributed by atoms with van der Waals surface area (Å²) in [5, 5.41) is 4.64. The van der Waals surface area contributed by atoms with E-state index in [4.69, 9.17) is 4.74 Å². The fourth-order valence-electron chi connectivity index (χ4n) is 2.25. The molecule has 0 radical (unpaired) electrons. The van der Waals surface area contributed by atoms with Gasteiger partial charge < -0.3 is 4.74 Å². The highest BCUT2D eigenvalue weighted by Gasteiger charge is 2.42. The van der Waals surface area contributed by atoms with Crippen molar-refractivity contribution in [3.63, 3.8) is 0 Å². The van der Waals surface area contributed by atoms with Gasteiger partial charge >= 0.3 is 5.97 Å². The summed E-state index contributed by atoms with van der Waals surface area (Å²) in [6.45, 7) is 2.92. The molecule has 8 heteroatoms. The van der Waals surface area contributed by atoms with E-state index in [0.717, 1.165) is 0 Å². The van der Waals surface area contributed by atoms with Crippen LogP contribution in [0.25, 0.3) is 0 Å². The summed E-state index contributed by atoms with van der Waals surface area (Å²) in [5.41, 5.74) is 0.0725. The van der Waals surface area contributed by atoms with Crippen LogP contribution in [0.2, 0.25) is 0 Å². The molecule has 122 valence electrons. The lowest BCUT2D eigenvalue weighted by atomic mass is 9.91. The number of halogens is 1. The van der Waals surface area contributed by atoms with E-state index in [1.165, 1.54) is 25.1 Å². The molecular formula is C15H16FN3O4. The van der Waals surface area contributed by atoms with Gasteiger partial charge in [-0.15, -0.1) is 0 Å². The number of guanidine groups is 1. The molecule has 7 nitrogen and oxygen atoms in total. The topological polar surface area (TPSA) is 96.9 Å². The Kier molecular flexibility index (Phi) is 5.05. The standard InChI is InChI=1S/C15H16FN3O4/c1-3-23-14(22)11-12(9-6-4-5-7-10(9)16)18-15(17-8(2)20)19-13(11)21/h4-7,11-12H,3H2,1-2H3,(H2,17,18,19,20,21). The lowest BCUT2D eigenvalue weighted by Gasteiger charge is -2.28. The van der Waals surface area contributed by atoms with Crippen LogP contribution >= 0.6 is 0 Å². The largest absolute Gasteiger partial charge is 0.465 e. The van der Waals surface area contributed by atoms with Crippen molar-refractivity contribution in [3.05, 3.63) is 35.6 Å². The maximum atomic E-state index is 14.1. The molecule has 2 N–H and O–H groups in total. The lowest BCUT2D eigenvalue weighted by molar-refractivity contribution is -0.153. The quantitative estimate of drug-likeness (QED) is 0.631. The van der Waals surface area contributed by atoms with E-state index in [1.54, 1.807) is 13.0 Å². The predicted molar refractivity (Wildman–Crippen MR) is 78.7 cm³/mol. The number of hydrogen-bond acceptors (Lipinski definition) is 5. The fourth-order valence-corrected chi connectivity index (χ4v) is 2.25. The summed E-state index contributed by atoms with van der Waals surface area (Å²) in [7, 11) is 0. The number of carbonyl (C=O) groups is 3. The van der Waals surface area contributed by atoms with Gasteiger partial charge in [0.05, 0.1) is 6.61 Å². The number of esters is 1. The normalized spacial score (nSPS) is 20.3. The van der Waals surface area contributed by atoms with Gasteiger partial charge in [-0.2, -0.15) is 0 Å². The predicted octanol–water partition coefficient (Wildman–Crippen LogP) is 0.668. The van der Waals surface area contributed by atoms with Crippen LogP contribution in [0.5, 0.6) is 0 Å². The van der Waals surface area contributed by atoms with Crippen molar-refractivity contribution < 1.29 is 23.5 Å². The molecule has 0 bridgehead atoms. The molecule has 2 rings (SSSR count). The Labute approximate surface area is 131 Å². The molecule has 1 aromatic rings. The summed E-state index contributed by atoms with van der Waals surface area (Å²) >= 11 is 0. The van der Waals surface area contributed by atoms with E-state index in [-0.39, 0.29) is 18.1 Å². The molecule has 0 saturated carbocycles. The molecule has 2 atom stereocenters. The minimum atomic E-state index is -1.33. The molecule has 0 aliphatic carbocycles. The highest BCUT2D eigenvalue weighted by Crippen LogP contribution is 2.31. The maximum Gasteiger partial charge on any atom is 0.321 e. The first-order valence-corrected chi connectivity index (χ1v) is 7.01. The number of carbonyl (C=O) groups excluding carboxylic acids is 3. The van der Waals surface area contributed by atoms with Crippen molar-refractivity contribution in [2.24, 2.45) is 10.9 Å². The van der Waals surface area contributed by atoms with Crippen LogP contribution in [0, 0.1) is 11.7 Å². The zero-order valence-electron chi connectivity index (χ0n) is 12.6. The monoisotopic (exact) mass is 321 g/mol. The summed E-state index contributed by atoms with van der Waals surface area (Å²) in [6.07, 6.45) is 0. The number of nitrogens with zero attached hydrogens (tertiary/aromatic N) is 1. The average Bonchev–Trinajstić information content (AvgIpc) is 2.46. The van der Waals surface area contributed by atoms with Gasteiger partial charge in [-0.05, 0) is 13.0 Å². The van der Waals surface area contributed by atoms with Gasteiger partial charge in [-0.3, -0.25) is 25.0 Å². The van der Waals surface area contributed by atoms with E-state index < -0.39 is 35.6 Å². The molecule has 0 aromatic heterocycles.